The molecule has 6 nitrogen and oxygen atoms in total. The quantitative estimate of drug-likeness (QED) is 0.709. The van der Waals surface area contributed by atoms with Gasteiger partial charge in [-0.3, -0.25) is 4.98 Å². The highest BCUT2D eigenvalue weighted by atomic mass is 16.3. The molecule has 27 heavy (non-hydrogen) atoms. The standard InChI is InChI=1S/C21H25N5O/c1-16-24-19(20-3-2-14-27-20)15-21(25-16)23-11-4-17-7-12-26(13-8-17)18-5-9-22-10-6-18/h2-3,5-6,9-10,14-15,17H,4,7-8,11-13H2,1H3,(H,23,24,25). The molecule has 0 aromatic carbocycles. The Hall–Kier alpha value is -2.89. The first-order valence-corrected chi connectivity index (χ1v) is 9.56. The number of piperidine rings is 1. The van der Waals surface area contributed by atoms with Gasteiger partial charge < -0.3 is 14.6 Å². The zero-order valence-corrected chi connectivity index (χ0v) is 15.6. The maximum Gasteiger partial charge on any atom is 0.152 e. The van der Waals surface area contributed by atoms with Gasteiger partial charge in [0.15, 0.2) is 5.76 Å². The highest BCUT2D eigenvalue weighted by molar-refractivity contribution is 5.56. The zero-order valence-electron chi connectivity index (χ0n) is 15.6. The molecule has 0 spiro atoms. The van der Waals surface area contributed by atoms with Gasteiger partial charge >= 0.3 is 0 Å². The second-order valence-electron chi connectivity index (χ2n) is 7.01. The summed E-state index contributed by atoms with van der Waals surface area (Å²) in [6.07, 6.45) is 9.01. The van der Waals surface area contributed by atoms with Crippen LogP contribution in [0.5, 0.6) is 0 Å². The Morgan fingerprint density at radius 1 is 1.15 bits per heavy atom. The minimum absolute atomic E-state index is 0.747. The maximum absolute atomic E-state index is 5.45. The van der Waals surface area contributed by atoms with Crippen LogP contribution in [0, 0.1) is 12.8 Å². The number of anilines is 2. The largest absolute Gasteiger partial charge is 0.463 e. The summed E-state index contributed by atoms with van der Waals surface area (Å²) in [7, 11) is 0. The number of pyridine rings is 1. The first-order chi connectivity index (χ1) is 13.3. The molecule has 140 valence electrons. The third kappa shape index (κ3) is 4.45. The molecule has 3 aromatic rings. The molecule has 0 saturated carbocycles. The van der Waals surface area contributed by atoms with E-state index < -0.39 is 0 Å². The van der Waals surface area contributed by atoms with E-state index in [0.29, 0.717) is 0 Å². The molecule has 1 aliphatic rings. The summed E-state index contributed by atoms with van der Waals surface area (Å²) in [5.74, 6) is 3.13. The van der Waals surface area contributed by atoms with E-state index in [4.69, 9.17) is 4.42 Å². The Morgan fingerprint density at radius 2 is 1.96 bits per heavy atom. The van der Waals surface area contributed by atoms with Crippen LogP contribution in [0.4, 0.5) is 11.5 Å². The summed E-state index contributed by atoms with van der Waals surface area (Å²) in [4.78, 5) is 15.5. The fourth-order valence-electron chi connectivity index (χ4n) is 3.65. The van der Waals surface area contributed by atoms with Gasteiger partial charge in [-0.1, -0.05) is 0 Å². The van der Waals surface area contributed by atoms with Gasteiger partial charge in [-0.25, -0.2) is 9.97 Å². The molecular weight excluding hydrogens is 338 g/mol. The Kier molecular flexibility index (Phi) is 5.32. The molecule has 1 aliphatic heterocycles. The third-order valence-electron chi connectivity index (χ3n) is 5.11. The Bertz CT molecular complexity index is 842. The average molecular weight is 363 g/mol. The van der Waals surface area contributed by atoms with Crippen molar-refractivity contribution in [3.05, 3.63) is 54.8 Å². The van der Waals surface area contributed by atoms with Crippen molar-refractivity contribution in [2.24, 2.45) is 5.92 Å². The molecule has 1 N–H and O–H groups in total. The molecule has 1 saturated heterocycles. The molecule has 4 rings (SSSR count). The van der Waals surface area contributed by atoms with Crippen LogP contribution >= 0.6 is 0 Å². The van der Waals surface area contributed by atoms with Crippen molar-refractivity contribution in [1.82, 2.24) is 15.0 Å². The van der Waals surface area contributed by atoms with Crippen molar-refractivity contribution in [2.75, 3.05) is 29.9 Å². The number of nitrogens with zero attached hydrogens (tertiary/aromatic N) is 4. The minimum atomic E-state index is 0.747. The van der Waals surface area contributed by atoms with Crippen LogP contribution in [0.15, 0.2) is 53.4 Å². The summed E-state index contributed by atoms with van der Waals surface area (Å²) >= 11 is 0. The van der Waals surface area contributed by atoms with Crippen molar-refractivity contribution in [3.8, 4) is 11.5 Å². The van der Waals surface area contributed by atoms with Gasteiger partial charge in [0.25, 0.3) is 0 Å². The van der Waals surface area contributed by atoms with E-state index in [1.165, 1.54) is 18.5 Å². The number of rotatable bonds is 6. The number of hydrogen-bond donors (Lipinski definition) is 1. The third-order valence-corrected chi connectivity index (χ3v) is 5.11. The monoisotopic (exact) mass is 363 g/mol. The predicted octanol–water partition coefficient (Wildman–Crippen LogP) is 4.16. The fourth-order valence-corrected chi connectivity index (χ4v) is 3.65. The molecule has 0 atom stereocenters. The Balaban J connectivity index is 1.27. The lowest BCUT2D eigenvalue weighted by Crippen LogP contribution is -2.34. The predicted molar refractivity (Wildman–Crippen MR) is 107 cm³/mol. The molecule has 6 heteroatoms. The molecule has 0 radical (unpaired) electrons. The number of aromatic nitrogens is 3. The van der Waals surface area contributed by atoms with Crippen molar-refractivity contribution in [3.63, 3.8) is 0 Å². The second kappa shape index (κ2) is 8.20. The molecule has 1 fully saturated rings. The lowest BCUT2D eigenvalue weighted by molar-refractivity contribution is 0.389. The molecule has 0 amide bonds. The van der Waals surface area contributed by atoms with Crippen LogP contribution in [0.25, 0.3) is 11.5 Å². The van der Waals surface area contributed by atoms with Crippen LogP contribution in [-0.4, -0.2) is 34.6 Å². The average Bonchev–Trinajstić information content (AvgIpc) is 3.24. The minimum Gasteiger partial charge on any atom is -0.463 e. The highest BCUT2D eigenvalue weighted by Crippen LogP contribution is 2.25. The van der Waals surface area contributed by atoms with E-state index in [-0.39, 0.29) is 0 Å². The number of furan rings is 1. The Morgan fingerprint density at radius 3 is 2.70 bits per heavy atom. The molecule has 0 aliphatic carbocycles. The first-order valence-electron chi connectivity index (χ1n) is 9.56. The van der Waals surface area contributed by atoms with Crippen LogP contribution in [-0.2, 0) is 0 Å². The van der Waals surface area contributed by atoms with E-state index in [9.17, 15) is 0 Å². The van der Waals surface area contributed by atoms with Crippen LogP contribution < -0.4 is 10.2 Å². The first kappa shape index (κ1) is 17.5. The van der Waals surface area contributed by atoms with Crippen molar-refractivity contribution >= 4 is 11.5 Å². The number of nitrogens with one attached hydrogen (secondary N) is 1. The maximum atomic E-state index is 5.45. The summed E-state index contributed by atoms with van der Waals surface area (Å²) < 4.78 is 5.45. The molecule has 3 aromatic heterocycles. The van der Waals surface area contributed by atoms with Crippen molar-refractivity contribution < 1.29 is 4.42 Å². The van der Waals surface area contributed by atoms with E-state index >= 15 is 0 Å². The van der Waals surface area contributed by atoms with Gasteiger partial charge in [0.1, 0.15) is 17.3 Å². The van der Waals surface area contributed by atoms with Gasteiger partial charge in [0, 0.05) is 43.8 Å². The topological polar surface area (TPSA) is 67.1 Å². The van der Waals surface area contributed by atoms with Crippen LogP contribution in [0.2, 0.25) is 0 Å². The molecule has 4 heterocycles. The zero-order chi connectivity index (χ0) is 18.5. The summed E-state index contributed by atoms with van der Waals surface area (Å²) in [6.45, 7) is 5.06. The summed E-state index contributed by atoms with van der Waals surface area (Å²) in [6, 6.07) is 9.93. The lowest BCUT2D eigenvalue weighted by atomic mass is 9.93. The normalized spacial score (nSPS) is 15.1. The number of aryl methyl sites for hydroxylation is 1. The van der Waals surface area contributed by atoms with Crippen LogP contribution in [0.3, 0.4) is 0 Å². The lowest BCUT2D eigenvalue weighted by Gasteiger charge is -2.33. The fraction of sp³-hybridized carbons (Fsp3) is 0.381. The van der Waals surface area contributed by atoms with Crippen LogP contribution in [0.1, 0.15) is 25.1 Å². The van der Waals surface area contributed by atoms with Gasteiger partial charge in [0.2, 0.25) is 0 Å². The van der Waals surface area contributed by atoms with Gasteiger partial charge in [0.05, 0.1) is 6.26 Å². The van der Waals surface area contributed by atoms with E-state index in [2.05, 4.69) is 37.3 Å². The molecular formula is C21H25N5O. The smallest absolute Gasteiger partial charge is 0.152 e. The van der Waals surface area contributed by atoms with Gasteiger partial charge in [-0.05, 0) is 56.4 Å². The second-order valence-corrected chi connectivity index (χ2v) is 7.01. The molecule has 0 unspecified atom stereocenters. The molecule has 0 bridgehead atoms. The van der Waals surface area contributed by atoms with Crippen molar-refractivity contribution in [2.45, 2.75) is 26.2 Å². The Labute approximate surface area is 159 Å². The van der Waals surface area contributed by atoms with Gasteiger partial charge in [-0.15, -0.1) is 0 Å². The van der Waals surface area contributed by atoms with E-state index in [1.807, 2.05) is 37.5 Å². The van der Waals surface area contributed by atoms with E-state index in [0.717, 1.165) is 55.1 Å². The van der Waals surface area contributed by atoms with E-state index in [1.54, 1.807) is 6.26 Å². The summed E-state index contributed by atoms with van der Waals surface area (Å²) in [5.41, 5.74) is 2.10. The van der Waals surface area contributed by atoms with Crippen molar-refractivity contribution in [1.29, 1.82) is 0 Å². The number of hydrogen-bond acceptors (Lipinski definition) is 6. The summed E-state index contributed by atoms with van der Waals surface area (Å²) in [5, 5.41) is 3.46. The highest BCUT2D eigenvalue weighted by Gasteiger charge is 2.19. The van der Waals surface area contributed by atoms with Gasteiger partial charge in [-0.2, -0.15) is 0 Å². The SMILES string of the molecule is Cc1nc(NCCC2CCN(c3ccncc3)CC2)cc(-c2ccco2)n1.